The maximum absolute atomic E-state index is 13.6. The molecule has 0 saturated carbocycles. The molecule has 0 unspecified atom stereocenters. The van der Waals surface area contributed by atoms with E-state index in [1.165, 1.54) is 6.07 Å². The number of hydrogen-bond donors (Lipinski definition) is 1. The van der Waals surface area contributed by atoms with Gasteiger partial charge in [-0.3, -0.25) is 4.79 Å². The van der Waals surface area contributed by atoms with Crippen molar-refractivity contribution in [2.75, 3.05) is 6.79 Å². The zero-order valence-corrected chi connectivity index (χ0v) is 11.3. The van der Waals surface area contributed by atoms with Gasteiger partial charge in [-0.2, -0.15) is 0 Å². The third-order valence-corrected chi connectivity index (χ3v) is 3.03. The molecule has 0 spiro atoms. The summed E-state index contributed by atoms with van der Waals surface area (Å²) in [5, 5.41) is 6.43. The number of carbonyl (C=O) groups is 1. The van der Waals surface area contributed by atoms with Crippen molar-refractivity contribution < 1.29 is 23.2 Å². The van der Waals surface area contributed by atoms with Crippen molar-refractivity contribution in [3.05, 3.63) is 46.6 Å². The quantitative estimate of drug-likeness (QED) is 0.935. The van der Waals surface area contributed by atoms with E-state index in [1.54, 1.807) is 13.0 Å². The van der Waals surface area contributed by atoms with E-state index in [-0.39, 0.29) is 25.5 Å². The van der Waals surface area contributed by atoms with Gasteiger partial charge in [0.1, 0.15) is 23.0 Å². The first-order chi connectivity index (χ1) is 10.1. The molecule has 0 bridgehead atoms. The summed E-state index contributed by atoms with van der Waals surface area (Å²) in [7, 11) is 0. The van der Waals surface area contributed by atoms with Crippen LogP contribution in [0.3, 0.4) is 0 Å². The molecule has 3 rings (SSSR count). The van der Waals surface area contributed by atoms with Crippen LogP contribution in [0, 0.1) is 12.7 Å². The van der Waals surface area contributed by atoms with Gasteiger partial charge in [-0.25, -0.2) is 4.39 Å². The van der Waals surface area contributed by atoms with Gasteiger partial charge in [-0.15, -0.1) is 0 Å². The van der Waals surface area contributed by atoms with Gasteiger partial charge >= 0.3 is 0 Å². The fraction of sp³-hybridized carbons (Fsp3) is 0.286. The highest BCUT2D eigenvalue weighted by atomic mass is 19.1. The molecule has 1 aliphatic rings. The Labute approximate surface area is 119 Å². The van der Waals surface area contributed by atoms with Gasteiger partial charge < -0.3 is 19.3 Å². The molecule has 2 aromatic rings. The minimum Gasteiger partial charge on any atom is -0.466 e. The van der Waals surface area contributed by atoms with E-state index in [0.29, 0.717) is 22.8 Å². The molecule has 21 heavy (non-hydrogen) atoms. The Morgan fingerprint density at radius 2 is 2.29 bits per heavy atom. The number of ether oxygens (including phenoxy) is 2. The van der Waals surface area contributed by atoms with Gasteiger partial charge in [0, 0.05) is 11.6 Å². The molecule has 1 aliphatic heterocycles. The van der Waals surface area contributed by atoms with Crippen LogP contribution in [-0.2, 0) is 17.9 Å². The molecule has 1 aromatic carbocycles. The number of amides is 1. The van der Waals surface area contributed by atoms with Gasteiger partial charge in [-0.05, 0) is 19.1 Å². The summed E-state index contributed by atoms with van der Waals surface area (Å²) in [6, 6.07) is 4.16. The van der Waals surface area contributed by atoms with Crippen molar-refractivity contribution in [3.8, 4) is 5.75 Å². The Bertz CT molecular complexity index is 684. The van der Waals surface area contributed by atoms with Crippen LogP contribution in [-0.4, -0.2) is 17.9 Å². The third kappa shape index (κ3) is 2.87. The summed E-state index contributed by atoms with van der Waals surface area (Å²) >= 11 is 0. The lowest BCUT2D eigenvalue weighted by Gasteiger charge is -2.20. The average Bonchev–Trinajstić information content (AvgIpc) is 2.89. The maximum Gasteiger partial charge on any atom is 0.255 e. The molecule has 0 fully saturated rings. The van der Waals surface area contributed by atoms with Crippen LogP contribution in [0.4, 0.5) is 4.39 Å². The lowest BCUT2D eigenvalue weighted by Crippen LogP contribution is -2.25. The van der Waals surface area contributed by atoms with Crippen LogP contribution >= 0.6 is 0 Å². The average molecular weight is 292 g/mol. The lowest BCUT2D eigenvalue weighted by molar-refractivity contribution is -0.0170. The second-order valence-electron chi connectivity index (χ2n) is 4.66. The molecule has 0 atom stereocenters. The fourth-order valence-electron chi connectivity index (χ4n) is 2.12. The van der Waals surface area contributed by atoms with Gasteiger partial charge in [0.15, 0.2) is 6.79 Å². The first kappa shape index (κ1) is 13.6. The number of rotatable bonds is 3. The molecule has 0 radical (unpaired) electrons. The number of halogens is 1. The van der Waals surface area contributed by atoms with Gasteiger partial charge in [0.25, 0.3) is 5.91 Å². The molecule has 1 N–H and O–H groups in total. The molecular formula is C14H13FN2O4. The van der Waals surface area contributed by atoms with Crippen LogP contribution in [0.15, 0.2) is 22.7 Å². The van der Waals surface area contributed by atoms with Crippen LogP contribution < -0.4 is 10.1 Å². The zero-order valence-electron chi connectivity index (χ0n) is 11.3. The highest BCUT2D eigenvalue weighted by molar-refractivity contribution is 5.97. The SMILES string of the molecule is Cc1cc(CNC(=O)c2cc(F)cc3c2OCOC3)no1. The molecular weight excluding hydrogens is 279 g/mol. The standard InChI is InChI=1S/C14H13FN2O4/c1-8-2-11(17-21-8)5-16-14(18)12-4-10(15)3-9-6-19-7-20-13(9)12/h2-4H,5-7H2,1H3,(H,16,18). The molecule has 0 aliphatic carbocycles. The van der Waals surface area contributed by atoms with Crippen LogP contribution in [0.25, 0.3) is 0 Å². The molecule has 1 aromatic heterocycles. The smallest absolute Gasteiger partial charge is 0.255 e. The van der Waals surface area contributed by atoms with Crippen molar-refractivity contribution in [1.29, 1.82) is 0 Å². The molecule has 2 heterocycles. The first-order valence-corrected chi connectivity index (χ1v) is 6.37. The van der Waals surface area contributed by atoms with Crippen molar-refractivity contribution in [2.45, 2.75) is 20.1 Å². The zero-order chi connectivity index (χ0) is 14.8. The minimum absolute atomic E-state index is 0.0430. The largest absolute Gasteiger partial charge is 0.466 e. The van der Waals surface area contributed by atoms with Gasteiger partial charge in [-0.1, -0.05) is 5.16 Å². The summed E-state index contributed by atoms with van der Waals surface area (Å²) in [5.41, 5.74) is 1.26. The number of fused-ring (bicyclic) bond motifs is 1. The predicted octanol–water partition coefficient (Wildman–Crippen LogP) is 1.92. The number of hydrogen-bond acceptors (Lipinski definition) is 5. The normalized spacial score (nSPS) is 13.4. The maximum atomic E-state index is 13.6. The second kappa shape index (κ2) is 5.53. The topological polar surface area (TPSA) is 73.6 Å². The highest BCUT2D eigenvalue weighted by Crippen LogP contribution is 2.29. The van der Waals surface area contributed by atoms with E-state index >= 15 is 0 Å². The number of aromatic nitrogens is 1. The van der Waals surface area contributed by atoms with Crippen molar-refractivity contribution in [2.24, 2.45) is 0 Å². The Morgan fingerprint density at radius 3 is 3.05 bits per heavy atom. The van der Waals surface area contributed by atoms with Crippen LogP contribution in [0.1, 0.15) is 27.4 Å². The number of aryl methyl sites for hydroxylation is 1. The second-order valence-corrected chi connectivity index (χ2v) is 4.66. The molecule has 6 nitrogen and oxygen atoms in total. The van der Waals surface area contributed by atoms with E-state index in [1.807, 2.05) is 0 Å². The monoisotopic (exact) mass is 292 g/mol. The van der Waals surface area contributed by atoms with Crippen molar-refractivity contribution >= 4 is 5.91 Å². The van der Waals surface area contributed by atoms with Crippen LogP contribution in [0.5, 0.6) is 5.75 Å². The van der Waals surface area contributed by atoms with E-state index in [2.05, 4.69) is 10.5 Å². The Balaban J connectivity index is 1.79. The number of carbonyl (C=O) groups excluding carboxylic acids is 1. The Hall–Kier alpha value is -2.41. The Kier molecular flexibility index (Phi) is 3.57. The fourth-order valence-corrected chi connectivity index (χ4v) is 2.12. The molecule has 7 heteroatoms. The van der Waals surface area contributed by atoms with Gasteiger partial charge in [0.2, 0.25) is 0 Å². The number of benzene rings is 1. The third-order valence-electron chi connectivity index (χ3n) is 3.03. The van der Waals surface area contributed by atoms with Crippen molar-refractivity contribution in [3.63, 3.8) is 0 Å². The number of nitrogens with one attached hydrogen (secondary N) is 1. The number of nitrogens with zero attached hydrogens (tertiary/aromatic N) is 1. The summed E-state index contributed by atoms with van der Waals surface area (Å²) in [6.07, 6.45) is 0. The van der Waals surface area contributed by atoms with Crippen LogP contribution in [0.2, 0.25) is 0 Å². The van der Waals surface area contributed by atoms with Gasteiger partial charge in [0.05, 0.1) is 18.7 Å². The molecule has 1 amide bonds. The molecule has 110 valence electrons. The highest BCUT2D eigenvalue weighted by Gasteiger charge is 2.21. The summed E-state index contributed by atoms with van der Waals surface area (Å²) in [6.45, 7) is 2.21. The predicted molar refractivity (Wildman–Crippen MR) is 69.1 cm³/mol. The molecule has 0 saturated heterocycles. The van der Waals surface area contributed by atoms with Crippen molar-refractivity contribution in [1.82, 2.24) is 10.5 Å². The lowest BCUT2D eigenvalue weighted by atomic mass is 10.1. The van der Waals surface area contributed by atoms with E-state index in [9.17, 15) is 9.18 Å². The summed E-state index contributed by atoms with van der Waals surface area (Å²) in [4.78, 5) is 12.2. The summed E-state index contributed by atoms with van der Waals surface area (Å²) < 4.78 is 28.9. The van der Waals surface area contributed by atoms with E-state index in [0.717, 1.165) is 6.07 Å². The van der Waals surface area contributed by atoms with E-state index in [4.69, 9.17) is 14.0 Å². The Morgan fingerprint density at radius 1 is 1.43 bits per heavy atom. The summed E-state index contributed by atoms with van der Waals surface area (Å²) in [5.74, 6) is 0.0675. The van der Waals surface area contributed by atoms with E-state index < -0.39 is 11.7 Å². The minimum atomic E-state index is -0.509. The first-order valence-electron chi connectivity index (χ1n) is 6.37.